The number of hydrogen-bond acceptors (Lipinski definition) is 4. The Hall–Kier alpha value is -1.42. The molecule has 0 aliphatic heterocycles. The monoisotopic (exact) mass is 208 g/mol. The first-order valence-corrected chi connectivity index (χ1v) is 4.75. The Labute approximate surface area is 89.5 Å². The van der Waals surface area contributed by atoms with Crippen molar-refractivity contribution >= 4 is 5.78 Å². The van der Waals surface area contributed by atoms with Crippen LogP contribution in [0.2, 0.25) is 0 Å². The Morgan fingerprint density at radius 2 is 2.27 bits per heavy atom. The number of carbonyl (C=O) groups is 1. The number of methoxy groups -OCH3 is 1. The van der Waals surface area contributed by atoms with Crippen LogP contribution in [0.3, 0.4) is 0 Å². The van der Waals surface area contributed by atoms with Gasteiger partial charge in [-0.2, -0.15) is 0 Å². The third-order valence-electron chi connectivity index (χ3n) is 1.87. The van der Waals surface area contributed by atoms with Crippen molar-refractivity contribution in [3.8, 4) is 5.75 Å². The van der Waals surface area contributed by atoms with Gasteiger partial charge in [-0.3, -0.25) is 4.79 Å². The van der Waals surface area contributed by atoms with E-state index in [4.69, 9.17) is 10.5 Å². The summed E-state index contributed by atoms with van der Waals surface area (Å²) in [5.74, 6) is 0.395. The summed E-state index contributed by atoms with van der Waals surface area (Å²) in [5.41, 5.74) is 5.59. The summed E-state index contributed by atoms with van der Waals surface area (Å²) in [6.07, 6.45) is 1.82. The highest BCUT2D eigenvalue weighted by atomic mass is 16.5. The molecule has 0 bridgehead atoms. The molecule has 0 aliphatic rings. The molecule has 1 heterocycles. The highest BCUT2D eigenvalue weighted by Crippen LogP contribution is 2.18. The van der Waals surface area contributed by atoms with Crippen molar-refractivity contribution in [2.24, 2.45) is 5.73 Å². The van der Waals surface area contributed by atoms with Crippen molar-refractivity contribution in [2.75, 3.05) is 7.11 Å². The smallest absolute Gasteiger partial charge is 0.186 e. The first-order chi connectivity index (χ1) is 6.94. The number of ketones is 1. The van der Waals surface area contributed by atoms with E-state index in [1.165, 1.54) is 7.11 Å². The van der Waals surface area contributed by atoms with Crippen LogP contribution in [0.1, 0.15) is 30.8 Å². The van der Waals surface area contributed by atoms with Crippen LogP contribution in [0.25, 0.3) is 0 Å². The summed E-state index contributed by atoms with van der Waals surface area (Å²) in [5, 5.41) is 0. The lowest BCUT2D eigenvalue weighted by Crippen LogP contribution is -2.34. The normalized spacial score (nSPS) is 11.2. The van der Waals surface area contributed by atoms with Crippen LogP contribution in [-0.4, -0.2) is 23.4 Å². The van der Waals surface area contributed by atoms with E-state index in [0.717, 1.165) is 0 Å². The lowest BCUT2D eigenvalue weighted by Gasteiger charge is -2.17. The molecule has 15 heavy (non-hydrogen) atoms. The maximum absolute atomic E-state index is 11.8. The van der Waals surface area contributed by atoms with Gasteiger partial charge in [-0.1, -0.05) is 0 Å². The van der Waals surface area contributed by atoms with Gasteiger partial charge in [0.05, 0.1) is 7.11 Å². The molecule has 4 nitrogen and oxygen atoms in total. The van der Waals surface area contributed by atoms with E-state index < -0.39 is 5.54 Å². The Bertz CT molecular complexity index is 356. The first-order valence-electron chi connectivity index (χ1n) is 4.75. The van der Waals surface area contributed by atoms with Crippen molar-refractivity contribution in [3.63, 3.8) is 0 Å². The molecule has 0 saturated heterocycles. The second-order valence-corrected chi connectivity index (χ2v) is 4.14. The van der Waals surface area contributed by atoms with Crippen LogP contribution in [0.4, 0.5) is 0 Å². The third-order valence-corrected chi connectivity index (χ3v) is 1.87. The van der Waals surface area contributed by atoms with E-state index in [1.54, 1.807) is 32.2 Å². The van der Waals surface area contributed by atoms with Crippen LogP contribution in [0.5, 0.6) is 5.75 Å². The minimum absolute atomic E-state index is 0.0973. The number of aromatic nitrogens is 1. The highest BCUT2D eigenvalue weighted by Gasteiger charge is 2.21. The lowest BCUT2D eigenvalue weighted by atomic mass is 9.97. The Kier molecular flexibility index (Phi) is 3.42. The fourth-order valence-electron chi connectivity index (χ4n) is 1.26. The van der Waals surface area contributed by atoms with E-state index in [0.29, 0.717) is 11.4 Å². The molecule has 1 aromatic rings. The highest BCUT2D eigenvalue weighted by molar-refractivity contribution is 5.97. The molecule has 0 unspecified atom stereocenters. The minimum Gasteiger partial charge on any atom is -0.494 e. The molecule has 0 aliphatic carbocycles. The zero-order valence-electron chi connectivity index (χ0n) is 9.28. The molecule has 4 heteroatoms. The van der Waals surface area contributed by atoms with Crippen molar-refractivity contribution in [1.29, 1.82) is 0 Å². The van der Waals surface area contributed by atoms with Gasteiger partial charge in [0.25, 0.3) is 0 Å². The standard InChI is InChI=1S/C11H16N2O2/c1-11(2,12)7-8(14)10-9(15-3)5-4-6-13-10/h4-6H,7,12H2,1-3H3. The Balaban J connectivity index is 2.91. The molecule has 0 atom stereocenters. The van der Waals surface area contributed by atoms with Crippen molar-refractivity contribution in [2.45, 2.75) is 25.8 Å². The second-order valence-electron chi connectivity index (χ2n) is 4.14. The molecule has 0 aromatic carbocycles. The average Bonchev–Trinajstić information content (AvgIpc) is 2.15. The molecular weight excluding hydrogens is 192 g/mol. The fourth-order valence-corrected chi connectivity index (χ4v) is 1.26. The average molecular weight is 208 g/mol. The topological polar surface area (TPSA) is 65.2 Å². The maximum Gasteiger partial charge on any atom is 0.186 e. The Morgan fingerprint density at radius 3 is 2.80 bits per heavy atom. The SMILES string of the molecule is COc1cccnc1C(=O)CC(C)(C)N. The van der Waals surface area contributed by atoms with Gasteiger partial charge < -0.3 is 10.5 Å². The molecule has 1 aromatic heterocycles. The predicted octanol–water partition coefficient (Wildman–Crippen LogP) is 1.40. The van der Waals surface area contributed by atoms with Crippen molar-refractivity contribution in [3.05, 3.63) is 24.0 Å². The summed E-state index contributed by atoms with van der Waals surface area (Å²) in [7, 11) is 1.52. The zero-order valence-corrected chi connectivity index (χ0v) is 9.28. The fraction of sp³-hybridized carbons (Fsp3) is 0.455. The number of carbonyl (C=O) groups excluding carboxylic acids is 1. The van der Waals surface area contributed by atoms with Crippen LogP contribution < -0.4 is 10.5 Å². The molecule has 0 amide bonds. The Morgan fingerprint density at radius 1 is 1.60 bits per heavy atom. The molecule has 0 saturated carbocycles. The zero-order chi connectivity index (χ0) is 11.5. The number of nitrogens with two attached hydrogens (primary N) is 1. The van der Waals surface area contributed by atoms with Gasteiger partial charge in [0.2, 0.25) is 0 Å². The minimum atomic E-state index is -0.528. The summed E-state index contributed by atoms with van der Waals surface area (Å²) in [4.78, 5) is 15.8. The predicted molar refractivity (Wildman–Crippen MR) is 58.0 cm³/mol. The number of pyridine rings is 1. The van der Waals surface area contributed by atoms with Crippen LogP contribution in [0.15, 0.2) is 18.3 Å². The van der Waals surface area contributed by atoms with E-state index in [-0.39, 0.29) is 12.2 Å². The molecular formula is C11H16N2O2. The van der Waals surface area contributed by atoms with Crippen LogP contribution >= 0.6 is 0 Å². The molecule has 0 spiro atoms. The molecule has 1 rings (SSSR count). The van der Waals surface area contributed by atoms with Crippen LogP contribution in [-0.2, 0) is 0 Å². The van der Waals surface area contributed by atoms with Crippen molar-refractivity contribution in [1.82, 2.24) is 4.98 Å². The largest absolute Gasteiger partial charge is 0.494 e. The number of nitrogens with zero attached hydrogens (tertiary/aromatic N) is 1. The first kappa shape index (κ1) is 11.7. The van der Waals surface area contributed by atoms with E-state index in [2.05, 4.69) is 4.98 Å². The third kappa shape index (κ3) is 3.32. The molecule has 82 valence electrons. The summed E-state index contributed by atoms with van der Waals surface area (Å²) in [6, 6.07) is 3.44. The second kappa shape index (κ2) is 4.40. The van der Waals surface area contributed by atoms with Gasteiger partial charge in [0, 0.05) is 18.2 Å². The van der Waals surface area contributed by atoms with E-state index in [9.17, 15) is 4.79 Å². The molecule has 2 N–H and O–H groups in total. The van der Waals surface area contributed by atoms with Gasteiger partial charge in [-0.05, 0) is 26.0 Å². The molecule has 0 fully saturated rings. The van der Waals surface area contributed by atoms with Crippen LogP contribution in [0, 0.1) is 0 Å². The summed E-state index contributed by atoms with van der Waals surface area (Å²) in [6.45, 7) is 3.61. The summed E-state index contributed by atoms with van der Waals surface area (Å²) >= 11 is 0. The van der Waals surface area contributed by atoms with Gasteiger partial charge in [0.1, 0.15) is 11.4 Å². The number of Topliss-reactive ketones (excluding diaryl/α,β-unsaturated/α-hetero) is 1. The van der Waals surface area contributed by atoms with Gasteiger partial charge in [-0.25, -0.2) is 4.98 Å². The number of rotatable bonds is 4. The van der Waals surface area contributed by atoms with E-state index in [1.807, 2.05) is 0 Å². The van der Waals surface area contributed by atoms with E-state index >= 15 is 0 Å². The number of ether oxygens (including phenoxy) is 1. The van der Waals surface area contributed by atoms with Crippen molar-refractivity contribution < 1.29 is 9.53 Å². The quantitative estimate of drug-likeness (QED) is 0.759. The van der Waals surface area contributed by atoms with Gasteiger partial charge >= 0.3 is 0 Å². The lowest BCUT2D eigenvalue weighted by molar-refractivity contribution is 0.0952. The number of hydrogen-bond donors (Lipinski definition) is 1. The summed E-state index contributed by atoms with van der Waals surface area (Å²) < 4.78 is 5.06. The van der Waals surface area contributed by atoms with Gasteiger partial charge in [0.15, 0.2) is 5.78 Å². The van der Waals surface area contributed by atoms with Gasteiger partial charge in [-0.15, -0.1) is 0 Å². The maximum atomic E-state index is 11.8. The molecule has 0 radical (unpaired) electrons.